The number of carbonyl (C=O) groups excluding carboxylic acids is 1. The molecule has 0 unspecified atom stereocenters. The van der Waals surface area contributed by atoms with E-state index in [2.05, 4.69) is 22.9 Å². The van der Waals surface area contributed by atoms with Gasteiger partial charge in [0.15, 0.2) is 5.11 Å². The molecule has 1 rings (SSSR count). The van der Waals surface area contributed by atoms with Crippen LogP contribution in [0.5, 0.6) is 0 Å². The number of amides is 2. The number of anilines is 1. The van der Waals surface area contributed by atoms with E-state index in [1.807, 2.05) is 0 Å². The van der Waals surface area contributed by atoms with Gasteiger partial charge in [-0.1, -0.05) is 11.6 Å². The monoisotopic (exact) mass is 274 g/mol. The molecule has 0 spiro atoms. The first-order valence-corrected chi connectivity index (χ1v) is 5.00. The van der Waals surface area contributed by atoms with E-state index in [1.165, 1.54) is 12.1 Å². The Kier molecular flexibility index (Phi) is 4.18. The van der Waals surface area contributed by atoms with E-state index in [0.29, 0.717) is 0 Å². The molecule has 2 amide bonds. The highest BCUT2D eigenvalue weighted by atomic mass is 35.5. The average Bonchev–Trinajstić information content (AvgIpc) is 2.19. The highest BCUT2D eigenvalue weighted by molar-refractivity contribution is 7.80. The normalized spacial score (nSPS) is 9.47. The Bertz CT molecular complexity index is 494. The summed E-state index contributed by atoms with van der Waals surface area (Å²) in [6.07, 6.45) is 0. The van der Waals surface area contributed by atoms with Crippen molar-refractivity contribution in [3.8, 4) is 0 Å². The van der Waals surface area contributed by atoms with Gasteiger partial charge in [0.25, 0.3) is 5.69 Å². The molecule has 0 aliphatic rings. The summed E-state index contributed by atoms with van der Waals surface area (Å²) < 4.78 is 0. The molecule has 0 aliphatic heterocycles. The lowest BCUT2D eigenvalue weighted by Gasteiger charge is -2.06. The number of halogens is 1. The number of carbonyl (C=O) groups is 1. The molecule has 0 saturated heterocycles. The van der Waals surface area contributed by atoms with Gasteiger partial charge in [0.1, 0.15) is 5.02 Å². The van der Waals surface area contributed by atoms with Crippen LogP contribution in [0.2, 0.25) is 5.02 Å². The topological polar surface area (TPSA) is 110 Å². The van der Waals surface area contributed by atoms with E-state index < -0.39 is 11.0 Å². The molecule has 0 aliphatic carbocycles. The van der Waals surface area contributed by atoms with E-state index >= 15 is 0 Å². The maximum absolute atomic E-state index is 11.2. The van der Waals surface area contributed by atoms with Crippen LogP contribution < -0.4 is 16.4 Å². The van der Waals surface area contributed by atoms with E-state index in [1.54, 1.807) is 0 Å². The summed E-state index contributed by atoms with van der Waals surface area (Å²) in [5.41, 5.74) is 4.98. The molecule has 7 nitrogen and oxygen atoms in total. The maximum atomic E-state index is 11.2. The highest BCUT2D eigenvalue weighted by Crippen LogP contribution is 2.27. The summed E-state index contributed by atoms with van der Waals surface area (Å²) in [5.74, 6) is 0. The van der Waals surface area contributed by atoms with E-state index in [4.69, 9.17) is 17.3 Å². The van der Waals surface area contributed by atoms with Gasteiger partial charge in [-0.05, 0) is 24.4 Å². The molecular formula is C8H7ClN4O3S. The van der Waals surface area contributed by atoms with Crippen molar-refractivity contribution in [2.75, 3.05) is 5.32 Å². The standard InChI is InChI=1S/C8H7ClN4O3S/c9-5-2-1-4(3-6(5)13(15)16)11-8(14)12-7(10)17/h1-3H,(H4,10,11,12,14,17). The Morgan fingerprint density at radius 1 is 1.53 bits per heavy atom. The van der Waals surface area contributed by atoms with Gasteiger partial charge in [-0.3, -0.25) is 15.4 Å². The third-order valence-electron chi connectivity index (χ3n) is 1.64. The number of hydrogen-bond acceptors (Lipinski definition) is 4. The molecule has 0 heterocycles. The van der Waals surface area contributed by atoms with Gasteiger partial charge >= 0.3 is 6.03 Å². The van der Waals surface area contributed by atoms with Crippen molar-refractivity contribution in [2.24, 2.45) is 5.73 Å². The van der Waals surface area contributed by atoms with Crippen molar-refractivity contribution in [1.82, 2.24) is 5.32 Å². The Morgan fingerprint density at radius 3 is 2.71 bits per heavy atom. The van der Waals surface area contributed by atoms with Crippen LogP contribution in [0.15, 0.2) is 18.2 Å². The molecule has 1 aromatic carbocycles. The SMILES string of the molecule is NC(=S)NC(=O)Nc1ccc(Cl)c([N+](=O)[O-])c1. The molecule has 17 heavy (non-hydrogen) atoms. The second-order valence-corrected chi connectivity index (χ2v) is 3.71. The lowest BCUT2D eigenvalue weighted by molar-refractivity contribution is -0.384. The summed E-state index contributed by atoms with van der Waals surface area (Å²) in [7, 11) is 0. The maximum Gasteiger partial charge on any atom is 0.325 e. The lowest BCUT2D eigenvalue weighted by atomic mass is 10.3. The van der Waals surface area contributed by atoms with Gasteiger partial charge in [0.2, 0.25) is 0 Å². The largest absolute Gasteiger partial charge is 0.376 e. The first-order chi connectivity index (χ1) is 7.90. The predicted molar refractivity (Wildman–Crippen MR) is 67.0 cm³/mol. The molecule has 0 fully saturated rings. The van der Waals surface area contributed by atoms with Crippen LogP contribution in [0.3, 0.4) is 0 Å². The summed E-state index contributed by atoms with van der Waals surface area (Å²) in [6, 6.07) is 3.15. The van der Waals surface area contributed by atoms with Crippen LogP contribution in [0, 0.1) is 10.1 Å². The number of rotatable bonds is 2. The zero-order chi connectivity index (χ0) is 13.0. The number of nitro groups is 1. The van der Waals surface area contributed by atoms with Crippen LogP contribution in [0.25, 0.3) is 0 Å². The molecule has 0 atom stereocenters. The smallest absolute Gasteiger partial charge is 0.325 e. The average molecular weight is 275 g/mol. The Labute approximate surface area is 106 Å². The first kappa shape index (κ1) is 13.1. The minimum absolute atomic E-state index is 0.0182. The Morgan fingerprint density at radius 2 is 2.18 bits per heavy atom. The number of nitrogens with two attached hydrogens (primary N) is 1. The lowest BCUT2D eigenvalue weighted by Crippen LogP contribution is -2.37. The molecule has 4 N–H and O–H groups in total. The summed E-state index contributed by atoms with van der Waals surface area (Å²) in [4.78, 5) is 21.1. The van der Waals surface area contributed by atoms with Gasteiger partial charge in [-0.2, -0.15) is 0 Å². The van der Waals surface area contributed by atoms with Crippen molar-refractivity contribution >= 4 is 46.3 Å². The number of nitro benzene ring substituents is 1. The third-order valence-corrected chi connectivity index (χ3v) is 2.06. The highest BCUT2D eigenvalue weighted by Gasteiger charge is 2.13. The molecule has 0 aromatic heterocycles. The quantitative estimate of drug-likeness (QED) is 0.431. The fraction of sp³-hybridized carbons (Fsp3) is 0. The van der Waals surface area contributed by atoms with E-state index in [9.17, 15) is 14.9 Å². The zero-order valence-corrected chi connectivity index (χ0v) is 9.84. The molecule has 90 valence electrons. The van der Waals surface area contributed by atoms with Gasteiger partial charge in [-0.25, -0.2) is 4.79 Å². The fourth-order valence-corrected chi connectivity index (χ4v) is 1.28. The molecule has 0 saturated carbocycles. The molecule has 0 radical (unpaired) electrons. The number of benzene rings is 1. The third kappa shape index (κ3) is 3.85. The van der Waals surface area contributed by atoms with Crippen LogP contribution in [-0.2, 0) is 0 Å². The first-order valence-electron chi connectivity index (χ1n) is 4.21. The van der Waals surface area contributed by atoms with Gasteiger partial charge in [0, 0.05) is 11.8 Å². The predicted octanol–water partition coefficient (Wildman–Crippen LogP) is 1.61. The molecular weight excluding hydrogens is 268 g/mol. The van der Waals surface area contributed by atoms with Crippen molar-refractivity contribution in [3.63, 3.8) is 0 Å². The van der Waals surface area contributed by atoms with Crippen LogP contribution in [0.1, 0.15) is 0 Å². The summed E-state index contributed by atoms with van der Waals surface area (Å²) >= 11 is 10.1. The van der Waals surface area contributed by atoms with Crippen LogP contribution in [0.4, 0.5) is 16.2 Å². The second-order valence-electron chi connectivity index (χ2n) is 2.87. The summed E-state index contributed by atoms with van der Waals surface area (Å²) in [5, 5.41) is 14.8. The number of urea groups is 1. The van der Waals surface area contributed by atoms with Gasteiger partial charge in [-0.15, -0.1) is 0 Å². The minimum Gasteiger partial charge on any atom is -0.376 e. The Balaban J connectivity index is 2.86. The Hall–Kier alpha value is -1.93. The van der Waals surface area contributed by atoms with Crippen molar-refractivity contribution < 1.29 is 9.72 Å². The number of nitrogens with zero attached hydrogens (tertiary/aromatic N) is 1. The van der Waals surface area contributed by atoms with Crippen LogP contribution >= 0.6 is 23.8 Å². The molecule has 9 heteroatoms. The number of thiocarbonyl (C=S) groups is 1. The van der Waals surface area contributed by atoms with Gasteiger partial charge in [0.05, 0.1) is 4.92 Å². The van der Waals surface area contributed by atoms with Crippen molar-refractivity contribution in [3.05, 3.63) is 33.3 Å². The second kappa shape index (κ2) is 5.41. The van der Waals surface area contributed by atoms with E-state index in [-0.39, 0.29) is 21.5 Å². The van der Waals surface area contributed by atoms with Gasteiger partial charge < -0.3 is 11.1 Å². The number of hydrogen-bond donors (Lipinski definition) is 3. The van der Waals surface area contributed by atoms with Crippen molar-refractivity contribution in [2.45, 2.75) is 0 Å². The molecule has 0 bridgehead atoms. The van der Waals surface area contributed by atoms with Crippen LogP contribution in [-0.4, -0.2) is 16.1 Å². The fourth-order valence-electron chi connectivity index (χ4n) is 1.00. The zero-order valence-electron chi connectivity index (χ0n) is 8.27. The number of nitrogens with one attached hydrogen (secondary N) is 2. The summed E-state index contributed by atoms with van der Waals surface area (Å²) in [6.45, 7) is 0. The minimum atomic E-state index is -0.686. The van der Waals surface area contributed by atoms with Crippen molar-refractivity contribution in [1.29, 1.82) is 0 Å². The molecule has 1 aromatic rings. The van der Waals surface area contributed by atoms with E-state index in [0.717, 1.165) is 6.07 Å².